The lowest BCUT2D eigenvalue weighted by atomic mass is 10.2. The molecule has 0 aromatic carbocycles. The number of sulfonamides is 1. The molecule has 1 atom stereocenters. The number of nitrogens with zero attached hydrogens (tertiary/aromatic N) is 2. The molecule has 9 heteroatoms. The van der Waals surface area contributed by atoms with Gasteiger partial charge in [-0.2, -0.15) is 11.8 Å². The molecule has 4 N–H and O–H groups in total. The first-order valence-corrected chi connectivity index (χ1v) is 9.29. The summed E-state index contributed by atoms with van der Waals surface area (Å²) in [5.41, 5.74) is 2.90. The van der Waals surface area contributed by atoms with Crippen LogP contribution in [0.2, 0.25) is 0 Å². The number of nitrogen functional groups attached to an aromatic ring is 1. The number of nitrogens with one attached hydrogen (secondary N) is 2. The highest BCUT2D eigenvalue weighted by Gasteiger charge is 2.28. The molecule has 1 aliphatic heterocycles. The third-order valence-electron chi connectivity index (χ3n) is 3.36. The highest BCUT2D eigenvalue weighted by atomic mass is 32.2. The monoisotopic (exact) mass is 327 g/mol. The smallest absolute Gasteiger partial charge is 0.260 e. The fourth-order valence-electron chi connectivity index (χ4n) is 2.43. The van der Waals surface area contributed by atoms with Gasteiger partial charge in [0.05, 0.1) is 0 Å². The second-order valence-corrected chi connectivity index (χ2v) is 7.65. The minimum Gasteiger partial charge on any atom is -0.306 e. The Balaban J connectivity index is 2.01. The predicted octanol–water partition coefficient (Wildman–Crippen LogP) is 0.794. The molecule has 0 amide bonds. The van der Waals surface area contributed by atoms with Crippen LogP contribution in [-0.2, 0) is 10.0 Å². The van der Waals surface area contributed by atoms with E-state index in [2.05, 4.69) is 15.1 Å². The Bertz CT molecular complexity index is 737. The summed E-state index contributed by atoms with van der Waals surface area (Å²) in [7, 11) is -3.69. The van der Waals surface area contributed by atoms with Crippen molar-refractivity contribution in [1.29, 1.82) is 0 Å². The number of pyridine rings is 1. The SMILES string of the molecule is NNc1nc2ccccn2c1S(=O)(=O)NC1CCCSC1. The Morgan fingerprint density at radius 3 is 3.00 bits per heavy atom. The van der Waals surface area contributed by atoms with E-state index in [9.17, 15) is 8.42 Å². The highest BCUT2D eigenvalue weighted by molar-refractivity contribution is 7.99. The molecule has 114 valence electrons. The van der Waals surface area contributed by atoms with Gasteiger partial charge in [-0.25, -0.2) is 24.0 Å². The van der Waals surface area contributed by atoms with Crippen LogP contribution in [0.5, 0.6) is 0 Å². The van der Waals surface area contributed by atoms with E-state index in [-0.39, 0.29) is 16.9 Å². The van der Waals surface area contributed by atoms with E-state index in [0.29, 0.717) is 5.65 Å². The van der Waals surface area contributed by atoms with Crippen molar-refractivity contribution >= 4 is 33.3 Å². The van der Waals surface area contributed by atoms with Crippen molar-refractivity contribution in [1.82, 2.24) is 14.1 Å². The van der Waals surface area contributed by atoms with Crippen molar-refractivity contribution in [2.24, 2.45) is 5.84 Å². The van der Waals surface area contributed by atoms with E-state index in [0.717, 1.165) is 24.3 Å². The molecular formula is C12H17N5O2S2. The van der Waals surface area contributed by atoms with Crippen LogP contribution in [-0.4, -0.2) is 35.4 Å². The van der Waals surface area contributed by atoms with E-state index in [1.165, 1.54) is 4.40 Å². The molecule has 1 fully saturated rings. The third-order valence-corrected chi connectivity index (χ3v) is 6.12. The average Bonchev–Trinajstić information content (AvgIpc) is 2.87. The maximum atomic E-state index is 12.7. The number of nitrogens with two attached hydrogens (primary N) is 1. The molecule has 1 aliphatic rings. The lowest BCUT2D eigenvalue weighted by Gasteiger charge is -2.22. The molecule has 21 heavy (non-hydrogen) atoms. The molecule has 0 radical (unpaired) electrons. The van der Waals surface area contributed by atoms with Crippen LogP contribution < -0.4 is 16.0 Å². The number of hydrazine groups is 1. The van der Waals surface area contributed by atoms with Crippen molar-refractivity contribution in [3.63, 3.8) is 0 Å². The third kappa shape index (κ3) is 2.86. The summed E-state index contributed by atoms with van der Waals surface area (Å²) in [6.45, 7) is 0. The van der Waals surface area contributed by atoms with Crippen molar-refractivity contribution in [3.05, 3.63) is 24.4 Å². The lowest BCUT2D eigenvalue weighted by molar-refractivity contribution is 0.539. The molecule has 3 rings (SSSR count). The molecular weight excluding hydrogens is 310 g/mol. The minimum absolute atomic E-state index is 0.0476. The number of rotatable bonds is 4. The molecule has 0 aliphatic carbocycles. The van der Waals surface area contributed by atoms with Crippen LogP contribution in [0.25, 0.3) is 5.65 Å². The zero-order valence-corrected chi connectivity index (χ0v) is 13.0. The Hall–Kier alpha value is -1.29. The number of imidazole rings is 1. The fraction of sp³-hybridized carbons (Fsp3) is 0.417. The van der Waals surface area contributed by atoms with Gasteiger partial charge in [0.2, 0.25) is 0 Å². The largest absolute Gasteiger partial charge is 0.306 e. The molecule has 1 saturated heterocycles. The first-order valence-electron chi connectivity index (χ1n) is 6.65. The molecule has 7 nitrogen and oxygen atoms in total. The van der Waals surface area contributed by atoms with Crippen LogP contribution >= 0.6 is 11.8 Å². The topological polar surface area (TPSA) is 102 Å². The van der Waals surface area contributed by atoms with E-state index >= 15 is 0 Å². The number of hydrogen-bond donors (Lipinski definition) is 3. The number of anilines is 1. The number of thioether (sulfide) groups is 1. The van der Waals surface area contributed by atoms with Gasteiger partial charge in [-0.05, 0) is 30.7 Å². The van der Waals surface area contributed by atoms with Gasteiger partial charge in [-0.15, -0.1) is 0 Å². The van der Waals surface area contributed by atoms with Crippen molar-refractivity contribution in [2.45, 2.75) is 23.9 Å². The Morgan fingerprint density at radius 1 is 1.43 bits per heavy atom. The Labute approximate surface area is 127 Å². The van der Waals surface area contributed by atoms with Gasteiger partial charge in [-0.3, -0.25) is 4.40 Å². The van der Waals surface area contributed by atoms with Crippen molar-refractivity contribution < 1.29 is 8.42 Å². The van der Waals surface area contributed by atoms with Gasteiger partial charge in [0.25, 0.3) is 10.0 Å². The second kappa shape index (κ2) is 5.84. The van der Waals surface area contributed by atoms with Gasteiger partial charge in [-0.1, -0.05) is 6.07 Å². The molecule has 0 spiro atoms. The zero-order chi connectivity index (χ0) is 14.9. The summed E-state index contributed by atoms with van der Waals surface area (Å²) < 4.78 is 29.6. The van der Waals surface area contributed by atoms with Crippen LogP contribution in [0.1, 0.15) is 12.8 Å². The number of fused-ring (bicyclic) bond motifs is 1. The first kappa shape index (κ1) is 14.6. The van der Waals surface area contributed by atoms with E-state index in [1.54, 1.807) is 36.2 Å². The van der Waals surface area contributed by atoms with Gasteiger partial charge in [0, 0.05) is 18.0 Å². The normalized spacial score (nSPS) is 19.8. The zero-order valence-electron chi connectivity index (χ0n) is 11.3. The summed E-state index contributed by atoms with van der Waals surface area (Å²) in [5.74, 6) is 7.45. The molecule has 2 aromatic heterocycles. The highest BCUT2D eigenvalue weighted by Crippen LogP contribution is 2.24. The molecule has 0 saturated carbocycles. The maximum absolute atomic E-state index is 12.7. The minimum atomic E-state index is -3.69. The lowest BCUT2D eigenvalue weighted by Crippen LogP contribution is -2.39. The molecule has 3 heterocycles. The molecule has 1 unspecified atom stereocenters. The van der Waals surface area contributed by atoms with Crippen LogP contribution in [0, 0.1) is 0 Å². The van der Waals surface area contributed by atoms with Crippen LogP contribution in [0.3, 0.4) is 0 Å². The summed E-state index contributed by atoms with van der Waals surface area (Å²) in [5, 5.41) is 0.0520. The van der Waals surface area contributed by atoms with Gasteiger partial charge in [0.1, 0.15) is 5.65 Å². The maximum Gasteiger partial charge on any atom is 0.260 e. The average molecular weight is 327 g/mol. The molecule has 0 bridgehead atoms. The Kier molecular flexibility index (Phi) is 4.07. The van der Waals surface area contributed by atoms with Gasteiger partial charge >= 0.3 is 0 Å². The standard InChI is InChI=1S/C12H17N5O2S2/c13-15-11-12(17-6-2-1-5-10(17)14-11)21(18,19)16-9-4-3-7-20-8-9/h1-2,5-6,9,15-16H,3-4,7-8,13H2. The van der Waals surface area contributed by atoms with Gasteiger partial charge in [0.15, 0.2) is 10.8 Å². The van der Waals surface area contributed by atoms with Crippen molar-refractivity contribution in [2.75, 3.05) is 16.9 Å². The quantitative estimate of drug-likeness (QED) is 0.567. The van der Waals surface area contributed by atoms with E-state index in [1.807, 2.05) is 0 Å². The van der Waals surface area contributed by atoms with Crippen molar-refractivity contribution in [3.8, 4) is 0 Å². The summed E-state index contributed by atoms with van der Waals surface area (Å²) >= 11 is 1.76. The number of aromatic nitrogens is 2. The number of hydrogen-bond acceptors (Lipinski definition) is 6. The summed E-state index contributed by atoms with van der Waals surface area (Å²) in [4.78, 5) is 4.19. The summed E-state index contributed by atoms with van der Waals surface area (Å²) in [6.07, 6.45) is 3.54. The van der Waals surface area contributed by atoms with Crippen LogP contribution in [0.4, 0.5) is 5.82 Å². The van der Waals surface area contributed by atoms with Gasteiger partial charge < -0.3 is 5.43 Å². The predicted molar refractivity (Wildman–Crippen MR) is 83.7 cm³/mol. The summed E-state index contributed by atoms with van der Waals surface area (Å²) in [6, 6.07) is 5.24. The van der Waals surface area contributed by atoms with E-state index in [4.69, 9.17) is 5.84 Å². The first-order chi connectivity index (χ1) is 10.1. The fourth-order valence-corrected chi connectivity index (χ4v) is 5.13. The van der Waals surface area contributed by atoms with E-state index < -0.39 is 10.0 Å². The van der Waals surface area contributed by atoms with Crippen LogP contribution in [0.15, 0.2) is 29.4 Å². The molecule has 2 aromatic rings. The Morgan fingerprint density at radius 2 is 2.29 bits per heavy atom. The second-order valence-electron chi connectivity index (χ2n) is 4.87.